The van der Waals surface area contributed by atoms with E-state index in [1.165, 1.54) is 23.1 Å². The van der Waals surface area contributed by atoms with Gasteiger partial charge < -0.3 is 24.1 Å². The Morgan fingerprint density at radius 3 is 2.07 bits per heavy atom. The van der Waals surface area contributed by atoms with Gasteiger partial charge in [-0.1, -0.05) is 6.07 Å². The van der Waals surface area contributed by atoms with Gasteiger partial charge in [0.2, 0.25) is 0 Å². The summed E-state index contributed by atoms with van der Waals surface area (Å²) in [5, 5.41) is 2.59. The van der Waals surface area contributed by atoms with Crippen LogP contribution in [-0.4, -0.2) is 59.9 Å². The highest BCUT2D eigenvalue weighted by Gasteiger charge is 2.52. The number of carbonyl (C=O) groups is 3. The number of esters is 1. The van der Waals surface area contributed by atoms with Crippen molar-refractivity contribution >= 4 is 36.2 Å². The van der Waals surface area contributed by atoms with Gasteiger partial charge >= 0.3 is 19.2 Å². The van der Waals surface area contributed by atoms with Crippen molar-refractivity contribution in [2.24, 2.45) is 0 Å². The molecule has 1 fully saturated rings. The number of benzene rings is 2. The van der Waals surface area contributed by atoms with Gasteiger partial charge in [-0.15, -0.1) is 0 Å². The second kappa shape index (κ2) is 12.5. The van der Waals surface area contributed by atoms with Crippen LogP contribution in [0.4, 0.5) is 19.3 Å². The molecule has 12 heteroatoms. The molecule has 0 unspecified atom stereocenters. The zero-order valence-corrected chi connectivity index (χ0v) is 27.4. The average Bonchev–Trinajstić information content (AvgIpc) is 3.09. The van der Waals surface area contributed by atoms with E-state index in [4.69, 9.17) is 18.8 Å². The molecule has 0 aliphatic carbocycles. The fourth-order valence-corrected chi connectivity index (χ4v) is 4.47. The Kier molecular flexibility index (Phi) is 9.92. The summed E-state index contributed by atoms with van der Waals surface area (Å²) < 4.78 is 53.0. The number of rotatable bonds is 8. The normalized spacial score (nSPS) is 16.0. The van der Waals surface area contributed by atoms with Gasteiger partial charge in [0.15, 0.2) is 0 Å². The van der Waals surface area contributed by atoms with Crippen LogP contribution in [0.3, 0.4) is 0 Å². The molecule has 3 rings (SSSR count). The quantitative estimate of drug-likeness (QED) is 0.293. The molecular weight excluding hydrogens is 573 g/mol. The molecule has 2 amide bonds. The molecule has 2 aromatic rings. The molecule has 240 valence electrons. The lowest BCUT2D eigenvalue weighted by molar-refractivity contribution is -0.158. The molecule has 1 aliphatic heterocycles. The van der Waals surface area contributed by atoms with Crippen LogP contribution in [0.15, 0.2) is 30.3 Å². The van der Waals surface area contributed by atoms with Crippen LogP contribution >= 0.6 is 0 Å². The second-order valence-electron chi connectivity index (χ2n) is 13.4. The van der Waals surface area contributed by atoms with Gasteiger partial charge in [0, 0.05) is 12.2 Å². The van der Waals surface area contributed by atoms with E-state index in [-0.39, 0.29) is 29.9 Å². The minimum atomic E-state index is -1.29. The maximum Gasteiger partial charge on any atom is 0.495 e. The van der Waals surface area contributed by atoms with Crippen molar-refractivity contribution in [2.75, 3.05) is 18.4 Å². The Morgan fingerprint density at radius 2 is 1.55 bits per heavy atom. The van der Waals surface area contributed by atoms with Gasteiger partial charge in [0.1, 0.15) is 29.4 Å². The number of nitrogens with zero attached hydrogens (tertiary/aromatic N) is 1. The largest absolute Gasteiger partial charge is 0.495 e. The van der Waals surface area contributed by atoms with Crippen LogP contribution in [0.2, 0.25) is 0 Å². The summed E-state index contributed by atoms with van der Waals surface area (Å²) in [6.07, 6.45) is -0.659. The molecule has 1 aliphatic rings. The first kappa shape index (κ1) is 35.0. The third kappa shape index (κ3) is 7.95. The Balaban J connectivity index is 1.75. The van der Waals surface area contributed by atoms with Gasteiger partial charge in [0.25, 0.3) is 5.91 Å². The minimum absolute atomic E-state index is 0.142. The van der Waals surface area contributed by atoms with Crippen LogP contribution in [0.1, 0.15) is 90.7 Å². The monoisotopic (exact) mass is 616 g/mol. The van der Waals surface area contributed by atoms with Gasteiger partial charge in [-0.3, -0.25) is 14.5 Å². The third-order valence-corrected chi connectivity index (χ3v) is 7.80. The number of ether oxygens (including phenoxy) is 2. The Hall–Kier alpha value is -3.51. The lowest BCUT2D eigenvalue weighted by Gasteiger charge is -2.32. The molecule has 1 heterocycles. The topological polar surface area (TPSA) is 103 Å². The summed E-state index contributed by atoms with van der Waals surface area (Å²) in [5.74, 6) is -3.01. The molecule has 1 saturated heterocycles. The summed E-state index contributed by atoms with van der Waals surface area (Å²) in [4.78, 5) is 39.4. The van der Waals surface area contributed by atoms with Gasteiger partial charge in [0.05, 0.1) is 16.8 Å². The third-order valence-electron chi connectivity index (χ3n) is 7.80. The molecule has 1 N–H and O–H groups in total. The Bertz CT molecular complexity index is 1420. The van der Waals surface area contributed by atoms with Crippen molar-refractivity contribution in [3.05, 3.63) is 58.7 Å². The average molecular weight is 617 g/mol. The molecule has 0 radical (unpaired) electrons. The van der Waals surface area contributed by atoms with Crippen LogP contribution in [0.5, 0.6) is 0 Å². The smallest absolute Gasteiger partial charge is 0.453 e. The number of amides is 2. The number of halogens is 2. The minimum Gasteiger partial charge on any atom is -0.453 e. The van der Waals surface area contributed by atoms with Crippen molar-refractivity contribution in [1.29, 1.82) is 0 Å². The lowest BCUT2D eigenvalue weighted by atomic mass is 9.75. The highest BCUT2D eigenvalue weighted by Crippen LogP contribution is 2.37. The van der Waals surface area contributed by atoms with E-state index in [0.717, 1.165) is 12.1 Å². The summed E-state index contributed by atoms with van der Waals surface area (Å²) in [5.41, 5.74) is -2.28. The zero-order chi connectivity index (χ0) is 33.4. The number of likely N-dealkylation sites (N-methyl/N-ethyl adjacent to an activating group) is 1. The van der Waals surface area contributed by atoms with Crippen LogP contribution < -0.4 is 10.8 Å². The summed E-state index contributed by atoms with van der Waals surface area (Å²) in [6, 6.07) is 6.26. The summed E-state index contributed by atoms with van der Waals surface area (Å²) >= 11 is 0. The van der Waals surface area contributed by atoms with Crippen molar-refractivity contribution in [3.63, 3.8) is 0 Å². The maximum absolute atomic E-state index is 15.3. The SMILES string of the molecule is CCN(CC(=O)OC(C)(C)c1ccc(C(=O)Nc2cc(F)cc(B3OC(C)(C)C(C)(C)O3)c2C)c(F)c1)C(=O)OC(C)(C)C. The Labute approximate surface area is 258 Å². The van der Waals surface area contributed by atoms with Crippen molar-refractivity contribution in [1.82, 2.24) is 4.90 Å². The van der Waals surface area contributed by atoms with Crippen molar-refractivity contribution in [3.8, 4) is 0 Å². The van der Waals surface area contributed by atoms with E-state index in [0.29, 0.717) is 11.0 Å². The molecule has 44 heavy (non-hydrogen) atoms. The predicted octanol–water partition coefficient (Wildman–Crippen LogP) is 5.86. The van der Waals surface area contributed by atoms with Crippen molar-refractivity contribution < 1.29 is 41.9 Å². The molecular formula is C32H43BF2N2O7. The van der Waals surface area contributed by atoms with E-state index < -0.39 is 59.1 Å². The fraction of sp³-hybridized carbons (Fsp3) is 0.531. The zero-order valence-electron chi connectivity index (χ0n) is 27.4. The van der Waals surface area contributed by atoms with Crippen molar-refractivity contribution in [2.45, 2.75) is 98.6 Å². The van der Waals surface area contributed by atoms with E-state index in [2.05, 4.69) is 5.32 Å². The standard InChI is InChI=1S/C32H43BF2N2O7/c1-12-37(28(40)42-29(3,4)5)18-26(38)41-30(6,7)20-13-14-22(24(35)15-20)27(39)36-25-17-21(34)16-23(19(25)2)33-43-31(8,9)32(10,11)44-33/h13-17H,12,18H2,1-11H3,(H,36,39). The number of hydrogen-bond acceptors (Lipinski definition) is 7. The van der Waals surface area contributed by atoms with Crippen LogP contribution in [0.25, 0.3) is 0 Å². The lowest BCUT2D eigenvalue weighted by Crippen LogP contribution is -2.41. The first-order valence-electron chi connectivity index (χ1n) is 14.5. The van der Waals surface area contributed by atoms with E-state index in [1.807, 2.05) is 27.7 Å². The number of anilines is 1. The molecule has 2 aromatic carbocycles. The Morgan fingerprint density at radius 1 is 0.955 bits per heavy atom. The van der Waals surface area contributed by atoms with Gasteiger partial charge in [-0.2, -0.15) is 0 Å². The predicted molar refractivity (Wildman–Crippen MR) is 164 cm³/mol. The number of nitrogens with one attached hydrogen (secondary N) is 1. The molecule has 9 nitrogen and oxygen atoms in total. The van der Waals surface area contributed by atoms with Gasteiger partial charge in [-0.25, -0.2) is 13.6 Å². The highest BCUT2D eigenvalue weighted by molar-refractivity contribution is 6.62. The summed E-state index contributed by atoms with van der Waals surface area (Å²) in [7, 11) is -0.860. The van der Waals surface area contributed by atoms with E-state index >= 15 is 4.39 Å². The first-order chi connectivity index (χ1) is 20.1. The molecule has 0 spiro atoms. The maximum atomic E-state index is 15.3. The molecule has 0 bridgehead atoms. The number of hydrogen-bond donors (Lipinski definition) is 1. The van der Waals surface area contributed by atoms with Crippen LogP contribution in [-0.2, 0) is 29.2 Å². The summed E-state index contributed by atoms with van der Waals surface area (Å²) in [6.45, 7) is 19.0. The fourth-order valence-electron chi connectivity index (χ4n) is 4.47. The molecule has 0 atom stereocenters. The van der Waals surface area contributed by atoms with Crippen LogP contribution in [0, 0.1) is 18.6 Å². The number of carbonyl (C=O) groups excluding carboxylic acids is 3. The first-order valence-corrected chi connectivity index (χ1v) is 14.5. The van der Waals surface area contributed by atoms with E-state index in [1.54, 1.807) is 48.5 Å². The highest BCUT2D eigenvalue weighted by atomic mass is 19.1. The van der Waals surface area contributed by atoms with E-state index in [9.17, 15) is 18.8 Å². The molecule has 0 saturated carbocycles. The second-order valence-corrected chi connectivity index (χ2v) is 13.4. The molecule has 0 aromatic heterocycles. The van der Waals surface area contributed by atoms with Gasteiger partial charge in [-0.05, 0) is 117 Å².